The third kappa shape index (κ3) is 2.76. The molecule has 0 spiro atoms. The summed E-state index contributed by atoms with van der Waals surface area (Å²) in [5, 5.41) is 20.1. The van der Waals surface area contributed by atoms with Gasteiger partial charge in [0.2, 0.25) is 0 Å². The maximum absolute atomic E-state index is 10.3. The van der Waals surface area contributed by atoms with E-state index in [2.05, 4.69) is 25.7 Å². The highest BCUT2D eigenvalue weighted by molar-refractivity contribution is 5.36. The average molecular weight is 288 g/mol. The van der Waals surface area contributed by atoms with Gasteiger partial charge in [0.05, 0.1) is 12.2 Å². The maximum atomic E-state index is 10.3. The van der Waals surface area contributed by atoms with Gasteiger partial charge in [0, 0.05) is 5.41 Å². The molecular formula is C19H28O2. The highest BCUT2D eigenvalue weighted by Gasteiger charge is 2.48. The van der Waals surface area contributed by atoms with E-state index in [0.717, 1.165) is 44.9 Å². The zero-order chi connectivity index (χ0) is 15.0. The van der Waals surface area contributed by atoms with E-state index in [1.54, 1.807) is 0 Å². The van der Waals surface area contributed by atoms with Gasteiger partial charge in [0.15, 0.2) is 0 Å². The monoisotopic (exact) mass is 288 g/mol. The van der Waals surface area contributed by atoms with Crippen LogP contribution in [0.15, 0.2) is 35.5 Å². The summed E-state index contributed by atoms with van der Waals surface area (Å²) in [4.78, 5) is 0. The fourth-order valence-electron chi connectivity index (χ4n) is 4.61. The van der Waals surface area contributed by atoms with Crippen molar-refractivity contribution in [2.75, 3.05) is 0 Å². The van der Waals surface area contributed by atoms with Crippen LogP contribution in [0.25, 0.3) is 0 Å². The van der Waals surface area contributed by atoms with E-state index >= 15 is 0 Å². The van der Waals surface area contributed by atoms with Gasteiger partial charge in [0.1, 0.15) is 0 Å². The zero-order valence-corrected chi connectivity index (χ0v) is 13.1. The summed E-state index contributed by atoms with van der Waals surface area (Å²) in [5.74, 6) is 0.542. The minimum atomic E-state index is -0.204. The molecule has 0 aromatic rings. The van der Waals surface area contributed by atoms with Gasteiger partial charge in [-0.05, 0) is 62.9 Å². The van der Waals surface area contributed by atoms with Gasteiger partial charge in [-0.2, -0.15) is 0 Å². The third-order valence-electron chi connectivity index (χ3n) is 6.10. The Hall–Kier alpha value is -0.860. The predicted octanol–water partition coefficient (Wildman–Crippen LogP) is 3.90. The number of aliphatic hydroxyl groups excluding tert-OH is 2. The zero-order valence-electron chi connectivity index (χ0n) is 13.1. The van der Waals surface area contributed by atoms with Crippen molar-refractivity contribution in [2.45, 2.75) is 70.5 Å². The van der Waals surface area contributed by atoms with Gasteiger partial charge in [-0.3, -0.25) is 0 Å². The van der Waals surface area contributed by atoms with Crippen molar-refractivity contribution in [1.82, 2.24) is 0 Å². The van der Waals surface area contributed by atoms with Crippen LogP contribution < -0.4 is 0 Å². The van der Waals surface area contributed by atoms with Crippen LogP contribution >= 0.6 is 0 Å². The fourth-order valence-corrected chi connectivity index (χ4v) is 4.61. The third-order valence-corrected chi connectivity index (χ3v) is 6.10. The van der Waals surface area contributed by atoms with Crippen LogP contribution in [0, 0.1) is 11.3 Å². The lowest BCUT2D eigenvalue weighted by molar-refractivity contribution is 0.0301. The van der Waals surface area contributed by atoms with Gasteiger partial charge in [0.25, 0.3) is 0 Å². The van der Waals surface area contributed by atoms with Gasteiger partial charge in [-0.1, -0.05) is 36.8 Å². The first-order valence-electron chi connectivity index (χ1n) is 8.44. The molecule has 0 amide bonds. The van der Waals surface area contributed by atoms with Gasteiger partial charge in [-0.25, -0.2) is 0 Å². The Morgan fingerprint density at radius 3 is 2.76 bits per heavy atom. The van der Waals surface area contributed by atoms with E-state index in [1.807, 2.05) is 0 Å². The lowest BCUT2D eigenvalue weighted by atomic mass is 9.66. The van der Waals surface area contributed by atoms with E-state index in [1.165, 1.54) is 23.1 Å². The number of aliphatic hydroxyl groups is 2. The Labute approximate surface area is 128 Å². The molecule has 2 nitrogen and oxygen atoms in total. The lowest BCUT2D eigenvalue weighted by Gasteiger charge is -2.40. The van der Waals surface area contributed by atoms with Crippen molar-refractivity contribution in [3.05, 3.63) is 35.5 Å². The van der Waals surface area contributed by atoms with E-state index in [-0.39, 0.29) is 17.6 Å². The first-order chi connectivity index (χ1) is 10.0. The SMILES string of the molecule is C=C1CCC(O)C/C1=C/C=C1\CCC[C@]2(C)[C@@H](O)CC[C@@H]12. The fraction of sp³-hybridized carbons (Fsp3) is 0.684. The summed E-state index contributed by atoms with van der Waals surface area (Å²) in [6.07, 6.45) is 12.2. The summed E-state index contributed by atoms with van der Waals surface area (Å²) >= 11 is 0. The second-order valence-electron chi connectivity index (χ2n) is 7.44. The van der Waals surface area contributed by atoms with Crippen molar-refractivity contribution in [3.8, 4) is 0 Å². The molecule has 21 heavy (non-hydrogen) atoms. The van der Waals surface area contributed by atoms with Crippen LogP contribution in [0.2, 0.25) is 0 Å². The average Bonchev–Trinajstić information content (AvgIpc) is 2.76. The molecule has 2 heteroatoms. The summed E-state index contributed by atoms with van der Waals surface area (Å²) < 4.78 is 0. The summed E-state index contributed by atoms with van der Waals surface area (Å²) in [6.45, 7) is 6.40. The molecule has 0 aromatic carbocycles. The molecule has 3 fully saturated rings. The smallest absolute Gasteiger partial charge is 0.0599 e. The molecule has 4 atom stereocenters. The van der Waals surface area contributed by atoms with Crippen molar-refractivity contribution in [1.29, 1.82) is 0 Å². The topological polar surface area (TPSA) is 40.5 Å². The second-order valence-corrected chi connectivity index (χ2v) is 7.44. The second kappa shape index (κ2) is 5.73. The first-order valence-corrected chi connectivity index (χ1v) is 8.44. The molecule has 0 radical (unpaired) electrons. The molecule has 2 N–H and O–H groups in total. The van der Waals surface area contributed by atoms with Crippen LogP contribution in [0.1, 0.15) is 58.3 Å². The van der Waals surface area contributed by atoms with Crippen molar-refractivity contribution in [2.24, 2.45) is 11.3 Å². The maximum Gasteiger partial charge on any atom is 0.0599 e. The molecule has 1 unspecified atom stereocenters. The first kappa shape index (κ1) is 15.1. The van der Waals surface area contributed by atoms with Gasteiger partial charge in [-0.15, -0.1) is 0 Å². The predicted molar refractivity (Wildman–Crippen MR) is 85.9 cm³/mol. The van der Waals surface area contributed by atoms with E-state index in [4.69, 9.17) is 0 Å². The highest BCUT2D eigenvalue weighted by atomic mass is 16.3. The lowest BCUT2D eigenvalue weighted by Crippen LogP contribution is -2.36. The summed E-state index contributed by atoms with van der Waals surface area (Å²) in [5.41, 5.74) is 3.99. The molecule has 3 saturated carbocycles. The Balaban J connectivity index is 1.81. The van der Waals surface area contributed by atoms with Crippen molar-refractivity contribution < 1.29 is 10.2 Å². The molecule has 116 valence electrons. The molecule has 0 saturated heterocycles. The molecular weight excluding hydrogens is 260 g/mol. The van der Waals surface area contributed by atoms with E-state index in [0.29, 0.717) is 5.92 Å². The quantitative estimate of drug-likeness (QED) is 0.768. The Kier molecular flexibility index (Phi) is 4.11. The van der Waals surface area contributed by atoms with Crippen LogP contribution in [-0.4, -0.2) is 22.4 Å². The minimum absolute atomic E-state index is 0.0890. The molecule has 3 aliphatic rings. The minimum Gasteiger partial charge on any atom is -0.393 e. The van der Waals surface area contributed by atoms with Crippen molar-refractivity contribution >= 4 is 0 Å². The number of allylic oxidation sites excluding steroid dienone is 4. The Morgan fingerprint density at radius 2 is 1.95 bits per heavy atom. The molecule has 3 aliphatic carbocycles. The molecule has 0 bridgehead atoms. The largest absolute Gasteiger partial charge is 0.393 e. The van der Waals surface area contributed by atoms with Crippen LogP contribution in [0.5, 0.6) is 0 Å². The van der Waals surface area contributed by atoms with Gasteiger partial charge < -0.3 is 10.2 Å². The normalized spacial score (nSPS) is 44.3. The summed E-state index contributed by atoms with van der Waals surface area (Å²) in [7, 11) is 0. The number of rotatable bonds is 1. The standard InChI is InChI=1S/C19H28O2/c1-13-5-8-16(20)12-15(13)7-6-14-4-3-11-19(2)17(14)9-10-18(19)21/h6-7,16-18,20-21H,1,3-5,8-12H2,2H3/b14-6+,15-7-/t16?,17-,18-,19-/m0/s1. The number of hydrogen-bond donors (Lipinski definition) is 2. The molecule has 0 aromatic heterocycles. The van der Waals surface area contributed by atoms with Crippen LogP contribution in [0.4, 0.5) is 0 Å². The molecule has 0 heterocycles. The van der Waals surface area contributed by atoms with Crippen LogP contribution in [0.3, 0.4) is 0 Å². The molecule has 0 aliphatic heterocycles. The Morgan fingerprint density at radius 1 is 1.14 bits per heavy atom. The van der Waals surface area contributed by atoms with E-state index in [9.17, 15) is 10.2 Å². The Bertz CT molecular complexity index is 488. The highest BCUT2D eigenvalue weighted by Crippen LogP contribution is 2.54. The molecule has 3 rings (SSSR count). The van der Waals surface area contributed by atoms with Crippen LogP contribution in [-0.2, 0) is 0 Å². The van der Waals surface area contributed by atoms with E-state index < -0.39 is 0 Å². The van der Waals surface area contributed by atoms with Gasteiger partial charge >= 0.3 is 0 Å². The summed E-state index contributed by atoms with van der Waals surface area (Å²) in [6, 6.07) is 0. The van der Waals surface area contributed by atoms with Crippen molar-refractivity contribution in [3.63, 3.8) is 0 Å². The number of fused-ring (bicyclic) bond motifs is 1. The number of hydrogen-bond acceptors (Lipinski definition) is 2.